The van der Waals surface area contributed by atoms with E-state index < -0.39 is 0 Å². The van der Waals surface area contributed by atoms with Gasteiger partial charge in [-0.15, -0.1) is 0 Å². The van der Waals surface area contributed by atoms with Crippen molar-refractivity contribution in [3.8, 4) is 0 Å². The van der Waals surface area contributed by atoms with Gasteiger partial charge in [0.1, 0.15) is 0 Å². The Labute approximate surface area is 124 Å². The summed E-state index contributed by atoms with van der Waals surface area (Å²) < 4.78 is 5.32. The zero-order valence-corrected chi connectivity index (χ0v) is 11.6. The maximum atomic E-state index is 5.32. The fourth-order valence-corrected chi connectivity index (χ4v) is 2.09. The molecule has 0 N–H and O–H groups in total. The van der Waals surface area contributed by atoms with E-state index in [1.807, 2.05) is 36.4 Å². The molecule has 0 aliphatic carbocycles. The van der Waals surface area contributed by atoms with E-state index in [4.69, 9.17) is 4.42 Å². The summed E-state index contributed by atoms with van der Waals surface area (Å²) in [5.41, 5.74) is 4.51. The Hall–Kier alpha value is -2.80. The van der Waals surface area contributed by atoms with Crippen LogP contribution in [0.1, 0.15) is 22.3 Å². The van der Waals surface area contributed by atoms with Gasteiger partial charge in [-0.25, -0.2) is 0 Å². The molecule has 1 nitrogen and oxygen atoms in total. The lowest BCUT2D eigenvalue weighted by molar-refractivity contribution is 0.566. The van der Waals surface area contributed by atoms with Crippen molar-refractivity contribution in [1.82, 2.24) is 0 Å². The lowest BCUT2D eigenvalue weighted by atomic mass is 10.1. The summed E-state index contributed by atoms with van der Waals surface area (Å²) in [5, 5.41) is 0. The van der Waals surface area contributed by atoms with Crippen molar-refractivity contribution in [1.29, 1.82) is 0 Å². The molecule has 3 rings (SSSR count). The number of hydrogen-bond donors (Lipinski definition) is 0. The standard InChI is InChI=1S/C20H16O/c1-3-7-17(8-4-1)11-13-19-15-21-16-20(19)14-12-18-9-5-2-6-10-18/h1-16H. The Balaban J connectivity index is 1.78. The van der Waals surface area contributed by atoms with Gasteiger partial charge in [0.2, 0.25) is 0 Å². The molecule has 0 amide bonds. The molecular weight excluding hydrogens is 256 g/mol. The predicted octanol–water partition coefficient (Wildman–Crippen LogP) is 5.62. The Bertz CT molecular complexity index is 670. The van der Waals surface area contributed by atoms with Gasteiger partial charge in [0, 0.05) is 11.1 Å². The van der Waals surface area contributed by atoms with Crippen molar-refractivity contribution in [3.05, 3.63) is 95.4 Å². The molecule has 0 saturated carbocycles. The molecule has 0 atom stereocenters. The average Bonchev–Trinajstić information content (AvgIpc) is 3.00. The fourth-order valence-electron chi connectivity index (χ4n) is 2.09. The lowest BCUT2D eigenvalue weighted by Gasteiger charge is -1.94. The van der Waals surface area contributed by atoms with Gasteiger partial charge < -0.3 is 4.42 Å². The van der Waals surface area contributed by atoms with Crippen LogP contribution in [0.25, 0.3) is 24.3 Å². The van der Waals surface area contributed by atoms with E-state index >= 15 is 0 Å². The van der Waals surface area contributed by atoms with Crippen molar-refractivity contribution in [2.45, 2.75) is 0 Å². The minimum Gasteiger partial charge on any atom is -0.471 e. The summed E-state index contributed by atoms with van der Waals surface area (Å²) in [6.45, 7) is 0. The van der Waals surface area contributed by atoms with Gasteiger partial charge in [-0.2, -0.15) is 0 Å². The van der Waals surface area contributed by atoms with Gasteiger partial charge >= 0.3 is 0 Å². The summed E-state index contributed by atoms with van der Waals surface area (Å²) in [5.74, 6) is 0. The van der Waals surface area contributed by atoms with Crippen LogP contribution in [-0.2, 0) is 0 Å². The molecule has 102 valence electrons. The SMILES string of the molecule is C(=Cc1cocc1C=Cc1ccccc1)c1ccccc1. The van der Waals surface area contributed by atoms with Crippen LogP contribution in [-0.4, -0.2) is 0 Å². The van der Waals surface area contributed by atoms with Crippen LogP contribution in [0.15, 0.2) is 77.6 Å². The highest BCUT2D eigenvalue weighted by Crippen LogP contribution is 2.17. The normalized spacial score (nSPS) is 11.4. The third-order valence-corrected chi connectivity index (χ3v) is 3.23. The first-order valence-corrected chi connectivity index (χ1v) is 6.94. The first kappa shape index (κ1) is 13.2. The summed E-state index contributed by atoms with van der Waals surface area (Å²) >= 11 is 0. The van der Waals surface area contributed by atoms with Crippen LogP contribution in [0.5, 0.6) is 0 Å². The lowest BCUT2D eigenvalue weighted by Crippen LogP contribution is -1.74. The second-order valence-corrected chi connectivity index (χ2v) is 4.77. The molecule has 0 radical (unpaired) electrons. The summed E-state index contributed by atoms with van der Waals surface area (Å²) in [6, 6.07) is 20.5. The Morgan fingerprint density at radius 1 is 0.524 bits per heavy atom. The van der Waals surface area contributed by atoms with Gasteiger partial charge in [-0.3, -0.25) is 0 Å². The van der Waals surface area contributed by atoms with Crippen LogP contribution in [0.2, 0.25) is 0 Å². The molecule has 0 fully saturated rings. The summed E-state index contributed by atoms with van der Waals surface area (Å²) in [7, 11) is 0. The van der Waals surface area contributed by atoms with Crippen molar-refractivity contribution >= 4 is 24.3 Å². The fraction of sp³-hybridized carbons (Fsp3) is 0. The monoisotopic (exact) mass is 272 g/mol. The number of hydrogen-bond acceptors (Lipinski definition) is 1. The number of benzene rings is 2. The minimum atomic E-state index is 1.08. The quantitative estimate of drug-likeness (QED) is 0.600. The molecule has 0 saturated heterocycles. The zero-order valence-electron chi connectivity index (χ0n) is 11.6. The molecule has 1 heteroatoms. The molecule has 1 heterocycles. The van der Waals surface area contributed by atoms with E-state index in [1.165, 1.54) is 11.1 Å². The highest BCUT2D eigenvalue weighted by atomic mass is 16.3. The van der Waals surface area contributed by atoms with E-state index in [1.54, 1.807) is 12.5 Å². The molecule has 0 bridgehead atoms. The van der Waals surface area contributed by atoms with Gasteiger partial charge in [-0.05, 0) is 11.1 Å². The summed E-state index contributed by atoms with van der Waals surface area (Å²) in [6.07, 6.45) is 11.9. The molecule has 1 aromatic heterocycles. The molecule has 0 aliphatic rings. The largest absolute Gasteiger partial charge is 0.471 e. The van der Waals surface area contributed by atoms with E-state index in [2.05, 4.69) is 48.6 Å². The van der Waals surface area contributed by atoms with Crippen LogP contribution in [0, 0.1) is 0 Å². The van der Waals surface area contributed by atoms with E-state index in [0.29, 0.717) is 0 Å². The second kappa shape index (κ2) is 6.58. The highest BCUT2D eigenvalue weighted by molar-refractivity contribution is 5.78. The number of furan rings is 1. The number of rotatable bonds is 4. The van der Waals surface area contributed by atoms with Crippen molar-refractivity contribution in [2.24, 2.45) is 0 Å². The maximum Gasteiger partial charge on any atom is 0.0981 e. The second-order valence-electron chi connectivity index (χ2n) is 4.77. The first-order chi connectivity index (χ1) is 10.4. The van der Waals surface area contributed by atoms with Gasteiger partial charge in [-0.1, -0.05) is 85.0 Å². The Morgan fingerprint density at radius 2 is 0.952 bits per heavy atom. The highest BCUT2D eigenvalue weighted by Gasteiger charge is 1.98. The molecule has 21 heavy (non-hydrogen) atoms. The molecule has 2 aromatic carbocycles. The molecule has 3 aromatic rings. The third-order valence-electron chi connectivity index (χ3n) is 3.23. The molecule has 0 spiro atoms. The molecule has 0 unspecified atom stereocenters. The third kappa shape index (κ3) is 3.61. The average molecular weight is 272 g/mol. The van der Waals surface area contributed by atoms with Crippen LogP contribution < -0.4 is 0 Å². The summed E-state index contributed by atoms with van der Waals surface area (Å²) in [4.78, 5) is 0. The Morgan fingerprint density at radius 3 is 1.38 bits per heavy atom. The van der Waals surface area contributed by atoms with Crippen LogP contribution >= 0.6 is 0 Å². The van der Waals surface area contributed by atoms with E-state index in [-0.39, 0.29) is 0 Å². The molecular formula is C20H16O. The zero-order chi connectivity index (χ0) is 14.3. The molecule has 0 aliphatic heterocycles. The maximum absolute atomic E-state index is 5.32. The van der Waals surface area contributed by atoms with Crippen molar-refractivity contribution in [3.63, 3.8) is 0 Å². The van der Waals surface area contributed by atoms with Crippen LogP contribution in [0.3, 0.4) is 0 Å². The van der Waals surface area contributed by atoms with Crippen molar-refractivity contribution in [2.75, 3.05) is 0 Å². The van der Waals surface area contributed by atoms with E-state index in [0.717, 1.165) is 11.1 Å². The van der Waals surface area contributed by atoms with E-state index in [9.17, 15) is 0 Å². The van der Waals surface area contributed by atoms with Gasteiger partial charge in [0.15, 0.2) is 0 Å². The van der Waals surface area contributed by atoms with Crippen molar-refractivity contribution < 1.29 is 4.42 Å². The predicted molar refractivity (Wildman–Crippen MR) is 89.4 cm³/mol. The Kier molecular flexibility index (Phi) is 4.13. The minimum absolute atomic E-state index is 1.08. The van der Waals surface area contributed by atoms with Gasteiger partial charge in [0.25, 0.3) is 0 Å². The van der Waals surface area contributed by atoms with Crippen LogP contribution in [0.4, 0.5) is 0 Å². The topological polar surface area (TPSA) is 13.1 Å². The smallest absolute Gasteiger partial charge is 0.0981 e. The first-order valence-electron chi connectivity index (χ1n) is 6.94. The van der Waals surface area contributed by atoms with Gasteiger partial charge in [0.05, 0.1) is 12.5 Å².